The number of nitrogens with one attached hydrogen (secondary N) is 1. The van der Waals surface area contributed by atoms with Crippen molar-refractivity contribution in [2.45, 2.75) is 32.3 Å². The van der Waals surface area contributed by atoms with E-state index in [0.717, 1.165) is 11.9 Å². The van der Waals surface area contributed by atoms with E-state index in [1.54, 1.807) is 31.2 Å². The summed E-state index contributed by atoms with van der Waals surface area (Å²) in [5.74, 6) is -0.591. The average Bonchev–Trinajstić information content (AvgIpc) is 3.05. The minimum atomic E-state index is -0.809. The number of rotatable bonds is 7. The molecule has 1 aromatic heterocycles. The SMILES string of the molecule is C[C@H](OC(=O)CCCc1c[nH]c2ccccc12)C(=O)c1ccc(Cl)cc1. The number of fused-ring (bicyclic) bond motifs is 1. The van der Waals surface area contributed by atoms with Crippen molar-refractivity contribution < 1.29 is 14.3 Å². The van der Waals surface area contributed by atoms with Gasteiger partial charge in [0.25, 0.3) is 0 Å². The third-order valence-corrected chi connectivity index (χ3v) is 4.56. The molecule has 0 amide bonds. The number of aryl methyl sites for hydroxylation is 1. The van der Waals surface area contributed by atoms with Crippen LogP contribution in [0.1, 0.15) is 35.7 Å². The normalized spacial score (nSPS) is 12.1. The van der Waals surface area contributed by atoms with Gasteiger partial charge in [0, 0.05) is 34.1 Å². The lowest BCUT2D eigenvalue weighted by molar-refractivity contribution is -0.146. The molecule has 3 rings (SSSR count). The van der Waals surface area contributed by atoms with Gasteiger partial charge in [0.2, 0.25) is 5.78 Å². The minimum absolute atomic E-state index is 0.230. The quantitative estimate of drug-likeness (QED) is 0.473. The largest absolute Gasteiger partial charge is 0.454 e. The van der Waals surface area contributed by atoms with Crippen molar-refractivity contribution in [2.75, 3.05) is 0 Å². The summed E-state index contributed by atoms with van der Waals surface area (Å²) in [5, 5.41) is 1.73. The minimum Gasteiger partial charge on any atom is -0.454 e. The summed E-state index contributed by atoms with van der Waals surface area (Å²) < 4.78 is 5.27. The molecule has 4 nitrogen and oxygen atoms in total. The zero-order valence-electron chi connectivity index (χ0n) is 14.5. The first-order valence-corrected chi connectivity index (χ1v) is 8.96. The molecule has 0 radical (unpaired) electrons. The van der Waals surface area contributed by atoms with E-state index in [1.807, 2.05) is 24.4 Å². The molecule has 3 aromatic rings. The predicted molar refractivity (Wildman–Crippen MR) is 103 cm³/mol. The van der Waals surface area contributed by atoms with Gasteiger partial charge in [-0.15, -0.1) is 0 Å². The van der Waals surface area contributed by atoms with Crippen molar-refractivity contribution in [2.24, 2.45) is 0 Å². The maximum atomic E-state index is 12.3. The van der Waals surface area contributed by atoms with Crippen molar-refractivity contribution in [3.8, 4) is 0 Å². The second-order valence-corrected chi connectivity index (χ2v) is 6.65. The van der Waals surface area contributed by atoms with Crippen LogP contribution in [-0.4, -0.2) is 22.8 Å². The topological polar surface area (TPSA) is 59.2 Å². The number of ether oxygens (including phenoxy) is 1. The fourth-order valence-corrected chi connectivity index (χ4v) is 3.05. The summed E-state index contributed by atoms with van der Waals surface area (Å²) in [6.45, 7) is 1.59. The van der Waals surface area contributed by atoms with Crippen molar-refractivity contribution in [3.05, 3.63) is 70.9 Å². The van der Waals surface area contributed by atoms with Gasteiger partial charge in [-0.25, -0.2) is 0 Å². The van der Waals surface area contributed by atoms with E-state index >= 15 is 0 Å². The highest BCUT2D eigenvalue weighted by molar-refractivity contribution is 6.30. The first-order valence-electron chi connectivity index (χ1n) is 8.59. The summed E-state index contributed by atoms with van der Waals surface area (Å²) in [6, 6.07) is 14.6. The van der Waals surface area contributed by atoms with Crippen LogP contribution < -0.4 is 0 Å². The highest BCUT2D eigenvalue weighted by Gasteiger charge is 2.19. The monoisotopic (exact) mass is 369 g/mol. The van der Waals surface area contributed by atoms with Gasteiger partial charge in [0.15, 0.2) is 6.10 Å². The Morgan fingerprint density at radius 1 is 1.12 bits per heavy atom. The molecule has 0 unspecified atom stereocenters. The second kappa shape index (κ2) is 8.19. The van der Waals surface area contributed by atoms with E-state index in [9.17, 15) is 9.59 Å². The van der Waals surface area contributed by atoms with Crippen LogP contribution >= 0.6 is 11.6 Å². The van der Waals surface area contributed by atoms with Gasteiger partial charge in [-0.05, 0) is 55.7 Å². The second-order valence-electron chi connectivity index (χ2n) is 6.22. The number of esters is 1. The number of Topliss-reactive ketones (excluding diaryl/α,β-unsaturated/α-hetero) is 1. The number of aromatic amines is 1. The molecule has 2 aromatic carbocycles. The molecule has 134 valence electrons. The molecule has 0 saturated heterocycles. The molecule has 1 heterocycles. The number of carbonyl (C=O) groups excluding carboxylic acids is 2. The van der Waals surface area contributed by atoms with Crippen molar-refractivity contribution in [1.82, 2.24) is 4.98 Å². The van der Waals surface area contributed by atoms with Crippen LogP contribution in [0.4, 0.5) is 0 Å². The van der Waals surface area contributed by atoms with Crippen LogP contribution in [0, 0.1) is 0 Å². The molecule has 1 atom stereocenters. The van der Waals surface area contributed by atoms with Crippen LogP contribution in [0.15, 0.2) is 54.7 Å². The van der Waals surface area contributed by atoms with Crippen LogP contribution in [0.5, 0.6) is 0 Å². The molecular weight excluding hydrogens is 350 g/mol. The van der Waals surface area contributed by atoms with Gasteiger partial charge >= 0.3 is 5.97 Å². The summed E-state index contributed by atoms with van der Waals surface area (Å²) in [5.41, 5.74) is 2.75. The highest BCUT2D eigenvalue weighted by Crippen LogP contribution is 2.19. The van der Waals surface area contributed by atoms with Gasteiger partial charge in [0.1, 0.15) is 0 Å². The zero-order valence-corrected chi connectivity index (χ0v) is 15.3. The van der Waals surface area contributed by atoms with E-state index in [1.165, 1.54) is 10.9 Å². The fourth-order valence-electron chi connectivity index (χ4n) is 2.92. The van der Waals surface area contributed by atoms with E-state index in [2.05, 4.69) is 11.1 Å². The van der Waals surface area contributed by atoms with E-state index < -0.39 is 6.10 Å². The molecule has 0 aliphatic carbocycles. The molecule has 5 heteroatoms. The van der Waals surface area contributed by atoms with Gasteiger partial charge in [-0.1, -0.05) is 29.8 Å². The first-order chi connectivity index (χ1) is 12.5. The highest BCUT2D eigenvalue weighted by atomic mass is 35.5. The Morgan fingerprint density at radius 3 is 2.62 bits per heavy atom. The lowest BCUT2D eigenvalue weighted by atomic mass is 10.1. The fraction of sp³-hybridized carbons (Fsp3) is 0.238. The summed E-state index contributed by atoms with van der Waals surface area (Å²) in [6.07, 6.45) is 2.89. The maximum Gasteiger partial charge on any atom is 0.306 e. The molecule has 0 aliphatic heterocycles. The van der Waals surface area contributed by atoms with Gasteiger partial charge < -0.3 is 9.72 Å². The molecule has 26 heavy (non-hydrogen) atoms. The van der Waals surface area contributed by atoms with Gasteiger partial charge in [-0.2, -0.15) is 0 Å². The molecule has 0 spiro atoms. The number of halogens is 1. The van der Waals surface area contributed by atoms with Gasteiger partial charge in [-0.3, -0.25) is 9.59 Å². The molecule has 0 bridgehead atoms. The van der Waals surface area contributed by atoms with E-state index in [4.69, 9.17) is 16.3 Å². The Morgan fingerprint density at radius 2 is 1.85 bits per heavy atom. The number of para-hydroxylation sites is 1. The Bertz CT molecular complexity index is 914. The standard InChI is InChI=1S/C21H20ClNO3/c1-14(21(25)15-9-11-17(22)12-10-15)26-20(24)8-4-5-16-13-23-19-7-3-2-6-18(16)19/h2-3,6-7,9-14,23H,4-5,8H2,1H3/t14-/m0/s1. The lowest BCUT2D eigenvalue weighted by Gasteiger charge is -2.12. The first kappa shape index (κ1) is 18.2. The molecule has 0 fully saturated rings. The van der Waals surface area contributed by atoms with E-state index in [-0.39, 0.29) is 18.2 Å². The smallest absolute Gasteiger partial charge is 0.306 e. The molecule has 1 N–H and O–H groups in total. The number of carbonyl (C=O) groups is 2. The van der Waals surface area contributed by atoms with Gasteiger partial charge in [0.05, 0.1) is 0 Å². The van der Waals surface area contributed by atoms with E-state index in [0.29, 0.717) is 17.0 Å². The van der Waals surface area contributed by atoms with Crippen molar-refractivity contribution in [1.29, 1.82) is 0 Å². The number of hydrogen-bond donors (Lipinski definition) is 1. The summed E-state index contributed by atoms with van der Waals surface area (Å²) in [4.78, 5) is 27.5. The Balaban J connectivity index is 1.49. The zero-order chi connectivity index (χ0) is 18.5. The number of aromatic nitrogens is 1. The predicted octanol–water partition coefficient (Wildman–Crippen LogP) is 4.96. The van der Waals surface area contributed by atoms with Crippen molar-refractivity contribution in [3.63, 3.8) is 0 Å². The third-order valence-electron chi connectivity index (χ3n) is 4.31. The number of hydrogen-bond acceptors (Lipinski definition) is 3. The molecule has 0 saturated carbocycles. The average molecular weight is 370 g/mol. The van der Waals surface area contributed by atoms with Crippen LogP contribution in [0.2, 0.25) is 5.02 Å². The third kappa shape index (κ3) is 4.33. The number of H-pyrrole nitrogens is 1. The molecular formula is C21H20ClNO3. The summed E-state index contributed by atoms with van der Waals surface area (Å²) in [7, 11) is 0. The van der Waals surface area contributed by atoms with Crippen LogP contribution in [0.3, 0.4) is 0 Å². The van der Waals surface area contributed by atoms with Crippen LogP contribution in [0.25, 0.3) is 10.9 Å². The number of benzene rings is 2. The maximum absolute atomic E-state index is 12.3. The molecule has 0 aliphatic rings. The van der Waals surface area contributed by atoms with Crippen molar-refractivity contribution >= 4 is 34.3 Å². The van der Waals surface area contributed by atoms with Crippen LogP contribution in [-0.2, 0) is 16.0 Å². The lowest BCUT2D eigenvalue weighted by Crippen LogP contribution is -2.24. The number of ketones is 1. The Hall–Kier alpha value is -2.59. The Labute approximate surface area is 157 Å². The Kier molecular flexibility index (Phi) is 5.74. The summed E-state index contributed by atoms with van der Waals surface area (Å²) >= 11 is 5.82.